The van der Waals surface area contributed by atoms with Crippen molar-refractivity contribution in [1.82, 2.24) is 4.90 Å². The number of anilines is 1. The van der Waals surface area contributed by atoms with Crippen molar-refractivity contribution in [2.75, 3.05) is 38.1 Å². The van der Waals surface area contributed by atoms with E-state index in [-0.39, 0.29) is 11.9 Å². The van der Waals surface area contributed by atoms with Crippen LogP contribution in [0.5, 0.6) is 0 Å². The van der Waals surface area contributed by atoms with Gasteiger partial charge in [0.25, 0.3) is 5.91 Å². The number of quaternary nitrogens is 1. The average molecular weight is 390 g/mol. The molecule has 1 saturated carbocycles. The number of hydrogen-bond donors (Lipinski definition) is 1. The van der Waals surface area contributed by atoms with Gasteiger partial charge in [-0.2, -0.15) is 5.26 Å². The number of nitrogens with zero attached hydrogens (tertiary/aromatic N) is 3. The molecule has 3 rings (SSSR count). The monoisotopic (exact) mass is 389 g/mol. The van der Waals surface area contributed by atoms with Crippen LogP contribution in [0.2, 0.25) is 5.02 Å². The zero-order chi connectivity index (χ0) is 19.4. The molecular formula is C21H30ClN4O+. The Labute approximate surface area is 167 Å². The molecule has 6 heteroatoms. The van der Waals surface area contributed by atoms with E-state index >= 15 is 0 Å². The van der Waals surface area contributed by atoms with Gasteiger partial charge < -0.3 is 14.7 Å². The first-order valence-electron chi connectivity index (χ1n) is 10.0. The third kappa shape index (κ3) is 4.07. The highest BCUT2D eigenvalue weighted by Crippen LogP contribution is 2.32. The van der Waals surface area contributed by atoms with Gasteiger partial charge in [-0.15, -0.1) is 0 Å². The van der Waals surface area contributed by atoms with Gasteiger partial charge in [0.05, 0.1) is 43.0 Å². The summed E-state index contributed by atoms with van der Waals surface area (Å²) in [6.45, 7) is 5.55. The van der Waals surface area contributed by atoms with E-state index in [0.29, 0.717) is 0 Å². The molecule has 1 amide bonds. The first-order valence-corrected chi connectivity index (χ1v) is 10.4. The minimum absolute atomic E-state index is 0.0969. The van der Waals surface area contributed by atoms with Crippen molar-refractivity contribution < 1.29 is 9.69 Å². The Bertz CT molecular complexity index is 702. The second kappa shape index (κ2) is 8.50. The fourth-order valence-electron chi connectivity index (χ4n) is 4.51. The standard InChI is InChI=1S/C21H29ClN4O/c1-17(20(27)24(2)21(16-23)10-6-3-7-11-21)25-12-14-26(15-13-25)19-9-5-4-8-18(19)22/h4-5,8-9,17H,3,6-7,10-15H2,1-2H3/p+1/t17-/m1/s1. The van der Waals surface area contributed by atoms with Crippen LogP contribution in [0.25, 0.3) is 0 Å². The molecule has 27 heavy (non-hydrogen) atoms. The van der Waals surface area contributed by atoms with Crippen LogP contribution in [0, 0.1) is 11.3 Å². The zero-order valence-corrected chi connectivity index (χ0v) is 17.1. The minimum atomic E-state index is -0.609. The Kier molecular flexibility index (Phi) is 6.29. The molecule has 0 radical (unpaired) electrons. The fraction of sp³-hybridized carbons (Fsp3) is 0.619. The highest BCUT2D eigenvalue weighted by molar-refractivity contribution is 6.33. The number of hydrogen-bond acceptors (Lipinski definition) is 3. The Morgan fingerprint density at radius 1 is 1.26 bits per heavy atom. The SMILES string of the molecule is C[C@H](C(=O)N(C)C1(C#N)CCCCC1)[NH+]1CCN(c2ccccc2Cl)CC1. The van der Waals surface area contributed by atoms with E-state index in [9.17, 15) is 10.1 Å². The van der Waals surface area contributed by atoms with Crippen molar-refractivity contribution in [3.8, 4) is 6.07 Å². The molecule has 1 aliphatic heterocycles. The molecule has 146 valence electrons. The lowest BCUT2D eigenvalue weighted by Gasteiger charge is -2.42. The van der Waals surface area contributed by atoms with Gasteiger partial charge in [0.2, 0.25) is 0 Å². The highest BCUT2D eigenvalue weighted by Gasteiger charge is 2.42. The van der Waals surface area contributed by atoms with Crippen LogP contribution in [0.4, 0.5) is 5.69 Å². The van der Waals surface area contributed by atoms with Crippen LogP contribution in [-0.2, 0) is 4.79 Å². The Morgan fingerprint density at radius 2 is 1.89 bits per heavy atom. The first-order chi connectivity index (χ1) is 13.0. The van der Waals surface area contributed by atoms with Crippen LogP contribution in [-0.4, -0.2) is 55.6 Å². The molecule has 1 aromatic carbocycles. The van der Waals surface area contributed by atoms with Crippen LogP contribution in [0.15, 0.2) is 24.3 Å². The van der Waals surface area contributed by atoms with E-state index in [0.717, 1.165) is 69.0 Å². The number of benzene rings is 1. The molecule has 0 aromatic heterocycles. The van der Waals surface area contributed by atoms with E-state index in [1.54, 1.807) is 4.90 Å². The van der Waals surface area contributed by atoms with Gasteiger partial charge in [-0.05, 0) is 31.9 Å². The van der Waals surface area contributed by atoms with Gasteiger partial charge in [0.15, 0.2) is 6.04 Å². The molecule has 1 aromatic rings. The zero-order valence-electron chi connectivity index (χ0n) is 16.4. The van der Waals surface area contributed by atoms with Crippen molar-refractivity contribution in [2.24, 2.45) is 0 Å². The summed E-state index contributed by atoms with van der Waals surface area (Å²) in [5, 5.41) is 10.5. The fourth-order valence-corrected chi connectivity index (χ4v) is 4.77. The van der Waals surface area contributed by atoms with Gasteiger partial charge in [0, 0.05) is 7.05 Å². The quantitative estimate of drug-likeness (QED) is 0.858. The summed E-state index contributed by atoms with van der Waals surface area (Å²) in [6.07, 6.45) is 4.82. The number of halogens is 1. The summed E-state index contributed by atoms with van der Waals surface area (Å²) in [5.74, 6) is 0.0969. The van der Waals surface area contributed by atoms with Crippen molar-refractivity contribution in [3.05, 3.63) is 29.3 Å². The van der Waals surface area contributed by atoms with E-state index in [1.807, 2.05) is 32.2 Å². The maximum atomic E-state index is 13.1. The lowest BCUT2D eigenvalue weighted by Crippen LogP contribution is -3.19. The van der Waals surface area contributed by atoms with Gasteiger partial charge >= 0.3 is 0 Å². The normalized spacial score (nSPS) is 21.3. The van der Waals surface area contributed by atoms with Crippen LogP contribution >= 0.6 is 11.6 Å². The number of carbonyl (C=O) groups excluding carboxylic acids is 1. The molecule has 1 heterocycles. The number of carbonyl (C=O) groups is 1. The topological polar surface area (TPSA) is 51.8 Å². The molecule has 5 nitrogen and oxygen atoms in total. The van der Waals surface area contributed by atoms with Crippen molar-refractivity contribution in [1.29, 1.82) is 5.26 Å². The molecule has 1 atom stereocenters. The van der Waals surface area contributed by atoms with Crippen LogP contribution in [0.1, 0.15) is 39.0 Å². The number of amides is 1. The van der Waals surface area contributed by atoms with Crippen LogP contribution < -0.4 is 9.80 Å². The summed E-state index contributed by atoms with van der Waals surface area (Å²) in [6, 6.07) is 10.3. The van der Waals surface area contributed by atoms with Crippen molar-refractivity contribution in [3.63, 3.8) is 0 Å². The summed E-state index contributed by atoms with van der Waals surface area (Å²) >= 11 is 6.33. The van der Waals surface area contributed by atoms with Gasteiger partial charge in [-0.25, -0.2) is 0 Å². The van der Waals surface area contributed by atoms with Gasteiger partial charge in [-0.3, -0.25) is 4.79 Å². The van der Waals surface area contributed by atoms with Crippen molar-refractivity contribution in [2.45, 2.75) is 50.6 Å². The summed E-state index contributed by atoms with van der Waals surface area (Å²) in [4.78, 5) is 18.5. The molecule has 1 saturated heterocycles. The number of nitrogens with one attached hydrogen (secondary N) is 1. The van der Waals surface area contributed by atoms with E-state index < -0.39 is 5.54 Å². The Hall–Kier alpha value is -1.77. The predicted molar refractivity (Wildman–Crippen MR) is 108 cm³/mol. The number of para-hydroxylation sites is 1. The lowest BCUT2D eigenvalue weighted by molar-refractivity contribution is -0.915. The Morgan fingerprint density at radius 3 is 2.48 bits per heavy atom. The van der Waals surface area contributed by atoms with Gasteiger partial charge in [0.1, 0.15) is 5.54 Å². The first kappa shape index (κ1) is 20.0. The molecule has 0 bridgehead atoms. The minimum Gasteiger partial charge on any atom is -0.359 e. The molecule has 0 spiro atoms. The largest absolute Gasteiger partial charge is 0.359 e. The summed E-state index contributed by atoms with van der Waals surface area (Å²) < 4.78 is 0. The number of rotatable bonds is 4. The summed E-state index contributed by atoms with van der Waals surface area (Å²) in [7, 11) is 1.83. The maximum Gasteiger partial charge on any atom is 0.281 e. The Balaban J connectivity index is 1.61. The smallest absolute Gasteiger partial charge is 0.281 e. The van der Waals surface area contributed by atoms with Crippen LogP contribution in [0.3, 0.4) is 0 Å². The van der Waals surface area contributed by atoms with E-state index in [2.05, 4.69) is 17.0 Å². The predicted octanol–water partition coefficient (Wildman–Crippen LogP) is 2.12. The lowest BCUT2D eigenvalue weighted by atomic mass is 9.81. The van der Waals surface area contributed by atoms with E-state index in [1.165, 1.54) is 4.90 Å². The number of piperazine rings is 1. The second-order valence-corrected chi connectivity index (χ2v) is 8.33. The highest BCUT2D eigenvalue weighted by atomic mass is 35.5. The molecule has 1 N–H and O–H groups in total. The van der Waals surface area contributed by atoms with Gasteiger partial charge in [-0.1, -0.05) is 43.0 Å². The molecule has 2 fully saturated rings. The second-order valence-electron chi connectivity index (χ2n) is 7.92. The third-order valence-electron chi connectivity index (χ3n) is 6.44. The number of nitriles is 1. The van der Waals surface area contributed by atoms with Crippen molar-refractivity contribution >= 4 is 23.2 Å². The average Bonchev–Trinajstić information content (AvgIpc) is 2.73. The maximum absolute atomic E-state index is 13.1. The molecular weight excluding hydrogens is 360 g/mol. The van der Waals surface area contributed by atoms with E-state index in [4.69, 9.17) is 11.6 Å². The molecule has 1 aliphatic carbocycles. The molecule has 2 aliphatic rings. The number of likely N-dealkylation sites (N-methyl/N-ethyl adjacent to an activating group) is 1. The molecule has 0 unspecified atom stereocenters. The third-order valence-corrected chi connectivity index (χ3v) is 6.76. The summed E-state index contributed by atoms with van der Waals surface area (Å²) in [5.41, 5.74) is 0.461.